The Morgan fingerprint density at radius 2 is 1.95 bits per heavy atom. The fourth-order valence-corrected chi connectivity index (χ4v) is 4.60. The third-order valence-corrected chi connectivity index (χ3v) is 5.37. The van der Waals surface area contributed by atoms with Crippen molar-refractivity contribution in [1.82, 2.24) is 4.90 Å². The van der Waals surface area contributed by atoms with Crippen molar-refractivity contribution in [2.75, 3.05) is 6.54 Å². The van der Waals surface area contributed by atoms with E-state index in [1.807, 2.05) is 25.7 Å². The molecule has 5 atom stereocenters. The molecule has 0 spiro atoms. The van der Waals surface area contributed by atoms with E-state index in [1.54, 1.807) is 0 Å². The molecule has 3 fully saturated rings. The first-order valence-electron chi connectivity index (χ1n) is 8.27. The number of Topliss-reactive ketones (excluding diaryl/α,β-unsaturated/α-hetero) is 1. The van der Waals surface area contributed by atoms with E-state index in [0.717, 1.165) is 25.7 Å². The molecular weight excluding hydrogens is 266 g/mol. The van der Waals surface area contributed by atoms with Gasteiger partial charge in [-0.1, -0.05) is 6.92 Å². The van der Waals surface area contributed by atoms with Gasteiger partial charge in [0.25, 0.3) is 0 Å². The molecule has 2 aliphatic carbocycles. The molecule has 21 heavy (non-hydrogen) atoms. The van der Waals surface area contributed by atoms with Crippen molar-refractivity contribution in [1.29, 1.82) is 0 Å². The van der Waals surface area contributed by atoms with E-state index < -0.39 is 5.60 Å². The second-order valence-corrected chi connectivity index (χ2v) is 8.30. The summed E-state index contributed by atoms with van der Waals surface area (Å²) in [4.78, 5) is 26.7. The molecule has 1 amide bonds. The van der Waals surface area contributed by atoms with Gasteiger partial charge in [-0.25, -0.2) is 4.79 Å². The highest BCUT2D eigenvalue weighted by atomic mass is 16.6. The lowest BCUT2D eigenvalue weighted by atomic mass is 9.60. The number of rotatable bonds is 0. The van der Waals surface area contributed by atoms with Gasteiger partial charge in [0.05, 0.1) is 0 Å². The van der Waals surface area contributed by atoms with E-state index in [1.165, 1.54) is 0 Å². The van der Waals surface area contributed by atoms with E-state index in [0.29, 0.717) is 30.1 Å². The number of piperidine rings is 1. The molecule has 3 aliphatic rings. The van der Waals surface area contributed by atoms with Crippen LogP contribution < -0.4 is 0 Å². The largest absolute Gasteiger partial charge is 0.444 e. The van der Waals surface area contributed by atoms with Crippen LogP contribution in [0.2, 0.25) is 0 Å². The Balaban J connectivity index is 1.84. The number of fused-ring (bicyclic) bond motifs is 1. The first kappa shape index (κ1) is 14.9. The summed E-state index contributed by atoms with van der Waals surface area (Å²) in [5.74, 6) is 1.97. The number of hydrogen-bond acceptors (Lipinski definition) is 3. The molecule has 2 saturated carbocycles. The molecule has 0 N–H and O–H groups in total. The Labute approximate surface area is 127 Å². The van der Waals surface area contributed by atoms with Crippen molar-refractivity contribution in [3.8, 4) is 0 Å². The normalized spacial score (nSPS) is 39.1. The van der Waals surface area contributed by atoms with E-state index in [-0.39, 0.29) is 18.1 Å². The SMILES string of the molecule is C[C@@H]1C[C@H]2CC(=O)[C@@H]3C[C@H]2[C@H](C1)N(C(=O)OC(C)(C)C)C3. The van der Waals surface area contributed by atoms with Crippen molar-refractivity contribution >= 4 is 11.9 Å². The molecule has 4 nitrogen and oxygen atoms in total. The minimum absolute atomic E-state index is 0.0448. The summed E-state index contributed by atoms with van der Waals surface area (Å²) in [7, 11) is 0. The molecule has 1 aliphatic heterocycles. The maximum Gasteiger partial charge on any atom is 0.410 e. The molecule has 0 unspecified atom stereocenters. The molecule has 0 aromatic rings. The van der Waals surface area contributed by atoms with Gasteiger partial charge in [0.2, 0.25) is 0 Å². The van der Waals surface area contributed by atoms with Crippen LogP contribution in [0.25, 0.3) is 0 Å². The van der Waals surface area contributed by atoms with Gasteiger partial charge in [0.1, 0.15) is 11.4 Å². The topological polar surface area (TPSA) is 46.6 Å². The zero-order chi connectivity index (χ0) is 15.4. The summed E-state index contributed by atoms with van der Waals surface area (Å²) >= 11 is 0. The summed E-state index contributed by atoms with van der Waals surface area (Å²) in [5, 5.41) is 0. The molecule has 118 valence electrons. The zero-order valence-corrected chi connectivity index (χ0v) is 13.6. The Morgan fingerprint density at radius 3 is 2.62 bits per heavy atom. The van der Waals surface area contributed by atoms with Gasteiger partial charge in [-0.3, -0.25) is 4.79 Å². The summed E-state index contributed by atoms with van der Waals surface area (Å²) < 4.78 is 5.58. The zero-order valence-electron chi connectivity index (χ0n) is 13.6. The number of nitrogens with zero attached hydrogens (tertiary/aromatic N) is 1. The van der Waals surface area contributed by atoms with Crippen molar-refractivity contribution in [2.24, 2.45) is 23.7 Å². The van der Waals surface area contributed by atoms with Gasteiger partial charge < -0.3 is 9.64 Å². The number of likely N-dealkylation sites (tertiary alicyclic amines) is 1. The number of hydrogen-bond donors (Lipinski definition) is 0. The van der Waals surface area contributed by atoms with Crippen molar-refractivity contribution in [3.63, 3.8) is 0 Å². The number of ketones is 1. The predicted octanol–water partition coefficient (Wildman–Crippen LogP) is 3.25. The Bertz CT molecular complexity index is 453. The third-order valence-electron chi connectivity index (χ3n) is 5.37. The monoisotopic (exact) mass is 293 g/mol. The lowest BCUT2D eigenvalue weighted by Crippen LogP contribution is -2.60. The highest BCUT2D eigenvalue weighted by Gasteiger charge is 2.51. The average Bonchev–Trinajstić information content (AvgIpc) is 2.34. The molecular formula is C17H27NO3. The van der Waals surface area contributed by atoms with Crippen LogP contribution in [-0.2, 0) is 9.53 Å². The van der Waals surface area contributed by atoms with E-state index in [2.05, 4.69) is 6.92 Å². The van der Waals surface area contributed by atoms with Crippen LogP contribution in [0.4, 0.5) is 4.79 Å². The van der Waals surface area contributed by atoms with Crippen molar-refractivity contribution in [2.45, 2.75) is 65.0 Å². The molecule has 0 aromatic carbocycles. The van der Waals surface area contributed by atoms with E-state index in [9.17, 15) is 9.59 Å². The van der Waals surface area contributed by atoms with Gasteiger partial charge in [0.15, 0.2) is 0 Å². The minimum Gasteiger partial charge on any atom is -0.444 e. The van der Waals surface area contributed by atoms with Gasteiger partial charge in [-0.15, -0.1) is 0 Å². The summed E-state index contributed by atoms with van der Waals surface area (Å²) in [6.07, 6.45) is 3.69. The highest BCUT2D eigenvalue weighted by Crippen LogP contribution is 2.48. The lowest BCUT2D eigenvalue weighted by molar-refractivity contribution is -0.137. The van der Waals surface area contributed by atoms with Crippen LogP contribution in [0.3, 0.4) is 0 Å². The number of carbonyl (C=O) groups excluding carboxylic acids is 2. The smallest absolute Gasteiger partial charge is 0.410 e. The van der Waals surface area contributed by atoms with Crippen LogP contribution in [0.15, 0.2) is 0 Å². The average molecular weight is 293 g/mol. The molecule has 1 saturated heterocycles. The van der Waals surface area contributed by atoms with Gasteiger partial charge >= 0.3 is 6.09 Å². The fourth-order valence-electron chi connectivity index (χ4n) is 4.60. The van der Waals surface area contributed by atoms with Crippen LogP contribution in [0.1, 0.15) is 53.4 Å². The first-order valence-corrected chi connectivity index (χ1v) is 8.27. The Kier molecular flexibility index (Phi) is 3.53. The standard InChI is InChI=1S/C17H27NO3/c1-10-5-11-8-15(19)12-7-13(11)14(6-10)18(9-12)16(20)21-17(2,3)4/h10-14H,5-9H2,1-4H3/t10-,11+,12-,13-,14+/m1/s1. The molecule has 2 bridgehead atoms. The van der Waals surface area contributed by atoms with Crippen molar-refractivity contribution < 1.29 is 14.3 Å². The van der Waals surface area contributed by atoms with E-state index >= 15 is 0 Å². The molecule has 0 aromatic heterocycles. The van der Waals surface area contributed by atoms with Crippen molar-refractivity contribution in [3.05, 3.63) is 0 Å². The number of carbonyl (C=O) groups is 2. The maximum atomic E-state index is 12.6. The predicted molar refractivity (Wildman–Crippen MR) is 79.8 cm³/mol. The van der Waals surface area contributed by atoms with Gasteiger partial charge in [-0.05, 0) is 57.8 Å². The summed E-state index contributed by atoms with van der Waals surface area (Å²) in [5.41, 5.74) is -0.479. The molecule has 0 radical (unpaired) electrons. The molecule has 4 heteroatoms. The summed E-state index contributed by atoms with van der Waals surface area (Å²) in [6, 6.07) is 0.276. The van der Waals surface area contributed by atoms with Crippen LogP contribution in [-0.4, -0.2) is 35.0 Å². The lowest BCUT2D eigenvalue weighted by Gasteiger charge is -2.53. The van der Waals surface area contributed by atoms with E-state index in [4.69, 9.17) is 4.74 Å². The number of amides is 1. The van der Waals surface area contributed by atoms with Crippen LogP contribution in [0, 0.1) is 23.7 Å². The maximum absolute atomic E-state index is 12.6. The van der Waals surface area contributed by atoms with Crippen LogP contribution in [0.5, 0.6) is 0 Å². The second-order valence-electron chi connectivity index (χ2n) is 8.30. The van der Waals surface area contributed by atoms with Gasteiger partial charge in [-0.2, -0.15) is 0 Å². The molecule has 1 heterocycles. The second kappa shape index (κ2) is 4.99. The Morgan fingerprint density at radius 1 is 1.24 bits per heavy atom. The Hall–Kier alpha value is -1.06. The van der Waals surface area contributed by atoms with Gasteiger partial charge in [0, 0.05) is 24.9 Å². The minimum atomic E-state index is -0.479. The summed E-state index contributed by atoms with van der Waals surface area (Å²) in [6.45, 7) is 8.50. The quantitative estimate of drug-likeness (QED) is 0.689. The highest BCUT2D eigenvalue weighted by molar-refractivity contribution is 5.83. The van der Waals surface area contributed by atoms with Crippen LogP contribution >= 0.6 is 0 Å². The molecule has 3 rings (SSSR count). The first-order chi connectivity index (χ1) is 9.74. The number of ether oxygens (including phenoxy) is 1. The fraction of sp³-hybridized carbons (Fsp3) is 0.882. The third kappa shape index (κ3) is 2.82.